The Labute approximate surface area is 100 Å². The summed E-state index contributed by atoms with van der Waals surface area (Å²) in [6, 6.07) is 0. The minimum Gasteiger partial charge on any atom is -0.425 e. The van der Waals surface area contributed by atoms with Crippen LogP contribution in [0, 0.1) is 0 Å². The lowest BCUT2D eigenvalue weighted by Crippen LogP contribution is -2.65. The van der Waals surface area contributed by atoms with E-state index in [-0.39, 0.29) is 0 Å². The Bertz CT molecular complexity index is 317. The minimum absolute atomic E-state index is 0.726. The van der Waals surface area contributed by atoms with Crippen LogP contribution in [0.15, 0.2) is 12.7 Å². The number of aliphatic hydroxyl groups is 1. The van der Waals surface area contributed by atoms with Gasteiger partial charge in [0, 0.05) is 21.1 Å². The van der Waals surface area contributed by atoms with Crippen molar-refractivity contribution in [2.45, 2.75) is 37.6 Å². The third-order valence-electron chi connectivity index (χ3n) is 3.04. The van der Waals surface area contributed by atoms with E-state index >= 15 is 0 Å². The van der Waals surface area contributed by atoms with Crippen molar-refractivity contribution >= 4 is 5.97 Å². The monoisotopic (exact) mass is 246 g/mol. The van der Waals surface area contributed by atoms with Crippen LogP contribution in [0.3, 0.4) is 0 Å². The second-order valence-electron chi connectivity index (χ2n) is 3.99. The van der Waals surface area contributed by atoms with Crippen molar-refractivity contribution in [3.8, 4) is 0 Å². The van der Waals surface area contributed by atoms with Gasteiger partial charge in [-0.15, -0.1) is 6.58 Å². The minimum atomic E-state index is -1.38. The lowest BCUT2D eigenvalue weighted by molar-refractivity contribution is -0.409. The lowest BCUT2D eigenvalue weighted by atomic mass is 10.0. The van der Waals surface area contributed by atoms with E-state index in [9.17, 15) is 9.90 Å². The van der Waals surface area contributed by atoms with Crippen LogP contribution < -0.4 is 0 Å². The summed E-state index contributed by atoms with van der Waals surface area (Å²) in [5, 5.41) is 9.58. The summed E-state index contributed by atoms with van der Waals surface area (Å²) < 4.78 is 20.9. The number of hydrogen-bond donors (Lipinski definition) is 1. The van der Waals surface area contributed by atoms with Gasteiger partial charge in [-0.2, -0.15) is 0 Å². The van der Waals surface area contributed by atoms with Crippen molar-refractivity contribution in [3.05, 3.63) is 12.7 Å². The average molecular weight is 246 g/mol. The maximum atomic E-state index is 11.7. The van der Waals surface area contributed by atoms with Crippen molar-refractivity contribution in [2.75, 3.05) is 14.2 Å². The van der Waals surface area contributed by atoms with Gasteiger partial charge >= 0.3 is 5.97 Å². The number of ether oxygens (including phenoxy) is 4. The number of aliphatic hydroxyl groups excluding tert-OH is 1. The zero-order valence-corrected chi connectivity index (χ0v) is 10.4. The quantitative estimate of drug-likeness (QED) is 0.564. The van der Waals surface area contributed by atoms with Gasteiger partial charge in [0.05, 0.1) is 0 Å². The largest absolute Gasteiger partial charge is 0.425 e. The molecule has 0 spiro atoms. The number of methoxy groups -OCH3 is 2. The zero-order chi connectivity index (χ0) is 13.3. The van der Waals surface area contributed by atoms with Crippen LogP contribution >= 0.6 is 0 Å². The fourth-order valence-electron chi connectivity index (χ4n) is 1.53. The highest BCUT2D eigenvalue weighted by Crippen LogP contribution is 2.37. The summed E-state index contributed by atoms with van der Waals surface area (Å²) >= 11 is 0. The molecule has 4 atom stereocenters. The molecule has 1 N–H and O–H groups in total. The van der Waals surface area contributed by atoms with Gasteiger partial charge in [0.15, 0.2) is 6.10 Å². The summed E-state index contributed by atoms with van der Waals surface area (Å²) in [5.74, 6) is -3.42. The number of esters is 1. The zero-order valence-electron chi connectivity index (χ0n) is 10.4. The molecule has 0 aromatic rings. The van der Waals surface area contributed by atoms with Crippen molar-refractivity contribution in [3.63, 3.8) is 0 Å². The fourth-order valence-corrected chi connectivity index (χ4v) is 1.53. The summed E-state index contributed by atoms with van der Waals surface area (Å²) in [4.78, 5) is 11.7. The Morgan fingerprint density at radius 1 is 1.41 bits per heavy atom. The molecule has 1 aliphatic heterocycles. The fraction of sp³-hybridized carbons (Fsp3) is 0.727. The van der Waals surface area contributed by atoms with Crippen LogP contribution in [-0.4, -0.2) is 49.1 Å². The first-order valence-corrected chi connectivity index (χ1v) is 5.15. The molecule has 0 radical (unpaired) electrons. The topological polar surface area (TPSA) is 74.2 Å². The molecule has 1 saturated heterocycles. The molecule has 0 aromatic carbocycles. The molecule has 0 bridgehead atoms. The van der Waals surface area contributed by atoms with Crippen LogP contribution in [0.5, 0.6) is 0 Å². The van der Waals surface area contributed by atoms with Crippen molar-refractivity contribution in [1.29, 1.82) is 0 Å². The van der Waals surface area contributed by atoms with Crippen LogP contribution in [0.25, 0.3) is 0 Å². The molecule has 0 aliphatic carbocycles. The molecular formula is C11H18O6. The van der Waals surface area contributed by atoms with E-state index in [0.29, 0.717) is 0 Å². The summed E-state index contributed by atoms with van der Waals surface area (Å²) in [5.41, 5.74) is 0. The maximum Gasteiger partial charge on any atom is 0.341 e. The highest BCUT2D eigenvalue weighted by Gasteiger charge is 2.58. The third-order valence-corrected chi connectivity index (χ3v) is 3.04. The predicted molar refractivity (Wildman–Crippen MR) is 58.0 cm³/mol. The summed E-state index contributed by atoms with van der Waals surface area (Å²) in [6.07, 6.45) is -1.16. The van der Waals surface area contributed by atoms with E-state index in [1.807, 2.05) is 0 Å². The first-order chi connectivity index (χ1) is 7.83. The Kier molecular flexibility index (Phi) is 3.93. The van der Waals surface area contributed by atoms with Crippen LogP contribution in [-0.2, 0) is 23.7 Å². The lowest BCUT2D eigenvalue weighted by Gasteiger charge is -2.48. The van der Waals surface area contributed by atoms with Crippen molar-refractivity contribution in [1.82, 2.24) is 0 Å². The molecule has 6 heteroatoms. The van der Waals surface area contributed by atoms with Gasteiger partial charge in [0.1, 0.15) is 6.10 Å². The normalized spacial score (nSPS) is 39.6. The Morgan fingerprint density at radius 3 is 2.35 bits per heavy atom. The SMILES string of the molecule is C=C[C@H](O)[C@@H]1O[C@@](C)(OC)[C@](C)(OC)OC1=O. The molecule has 1 heterocycles. The standard InChI is InChI=1S/C11H18O6/c1-6-7(12)8-9(13)17-11(3,15-5)10(2,14-4)16-8/h6-8,12H,1H2,2-5H3/t7-,8-,10+,11+/m0/s1. The number of carbonyl (C=O) groups is 1. The first kappa shape index (κ1) is 14.1. The molecule has 0 saturated carbocycles. The number of rotatable bonds is 4. The van der Waals surface area contributed by atoms with Crippen molar-refractivity contribution < 1.29 is 28.8 Å². The predicted octanol–water partition coefficient (Wildman–Crippen LogP) is 0.200. The first-order valence-electron chi connectivity index (χ1n) is 5.15. The highest BCUT2D eigenvalue weighted by atomic mass is 16.8. The Hall–Kier alpha value is -0.950. The highest BCUT2D eigenvalue weighted by molar-refractivity contribution is 5.77. The Balaban J connectivity index is 3.03. The number of hydrogen-bond acceptors (Lipinski definition) is 6. The van der Waals surface area contributed by atoms with Crippen molar-refractivity contribution in [2.24, 2.45) is 0 Å². The van der Waals surface area contributed by atoms with Crippen LogP contribution in [0.2, 0.25) is 0 Å². The summed E-state index contributed by atoms with van der Waals surface area (Å²) in [6.45, 7) is 6.47. The van der Waals surface area contributed by atoms with Gasteiger partial charge in [-0.25, -0.2) is 4.79 Å². The number of cyclic esters (lactones) is 1. The molecule has 6 nitrogen and oxygen atoms in total. The van der Waals surface area contributed by atoms with E-state index < -0.39 is 29.8 Å². The molecule has 17 heavy (non-hydrogen) atoms. The molecule has 98 valence electrons. The van der Waals surface area contributed by atoms with Gasteiger partial charge in [0.25, 0.3) is 5.79 Å². The molecule has 1 rings (SSSR count). The number of carbonyl (C=O) groups excluding carboxylic acids is 1. The molecule has 0 unspecified atom stereocenters. The molecule has 0 aromatic heterocycles. The van der Waals surface area contributed by atoms with Gasteiger partial charge in [-0.05, 0) is 6.92 Å². The van der Waals surface area contributed by atoms with Gasteiger partial charge < -0.3 is 24.1 Å². The summed E-state index contributed by atoms with van der Waals surface area (Å²) in [7, 11) is 2.77. The van der Waals surface area contributed by atoms with Gasteiger partial charge in [-0.1, -0.05) is 6.08 Å². The van der Waals surface area contributed by atoms with Gasteiger partial charge in [-0.3, -0.25) is 0 Å². The molecule has 1 aliphatic rings. The Morgan fingerprint density at radius 2 is 1.94 bits per heavy atom. The second kappa shape index (κ2) is 4.73. The third kappa shape index (κ3) is 2.21. The van der Waals surface area contributed by atoms with Crippen LogP contribution in [0.1, 0.15) is 13.8 Å². The van der Waals surface area contributed by atoms with E-state index in [1.165, 1.54) is 27.2 Å². The molecule has 0 amide bonds. The second-order valence-corrected chi connectivity index (χ2v) is 3.99. The molecule has 1 fully saturated rings. The average Bonchev–Trinajstić information content (AvgIpc) is 2.32. The smallest absolute Gasteiger partial charge is 0.341 e. The van der Waals surface area contributed by atoms with Crippen LogP contribution in [0.4, 0.5) is 0 Å². The van der Waals surface area contributed by atoms with Gasteiger partial charge in [0.2, 0.25) is 5.79 Å². The maximum absolute atomic E-state index is 11.7. The van der Waals surface area contributed by atoms with E-state index in [1.54, 1.807) is 6.92 Å². The van der Waals surface area contributed by atoms with E-state index in [0.717, 1.165) is 0 Å². The van der Waals surface area contributed by atoms with E-state index in [2.05, 4.69) is 6.58 Å². The molecular weight excluding hydrogens is 228 g/mol. The van der Waals surface area contributed by atoms with E-state index in [4.69, 9.17) is 18.9 Å².